The summed E-state index contributed by atoms with van der Waals surface area (Å²) in [6.07, 6.45) is 1.40. The molecular weight excluding hydrogens is 300 g/mol. The fourth-order valence-corrected chi connectivity index (χ4v) is 4.33. The van der Waals surface area contributed by atoms with Crippen molar-refractivity contribution in [3.63, 3.8) is 0 Å². The van der Waals surface area contributed by atoms with Crippen LogP contribution in [0, 0.1) is 5.92 Å². The van der Waals surface area contributed by atoms with Gasteiger partial charge in [-0.3, -0.25) is 4.90 Å². The van der Waals surface area contributed by atoms with Gasteiger partial charge in [-0.25, -0.2) is 4.79 Å². The molecule has 1 amide bonds. The molecule has 0 spiro atoms. The Bertz CT molecular complexity index is 645. The van der Waals surface area contributed by atoms with Crippen LogP contribution in [-0.4, -0.2) is 46.7 Å². The van der Waals surface area contributed by atoms with Gasteiger partial charge in [0.05, 0.1) is 11.6 Å². The first-order chi connectivity index (χ1) is 11.3. The lowest BCUT2D eigenvalue weighted by molar-refractivity contribution is -0.0289. The zero-order chi connectivity index (χ0) is 17.5. The van der Waals surface area contributed by atoms with Gasteiger partial charge in [0.15, 0.2) is 0 Å². The highest BCUT2D eigenvalue weighted by atomic mass is 16.4. The van der Waals surface area contributed by atoms with E-state index in [0.29, 0.717) is 5.92 Å². The molecule has 3 aliphatic heterocycles. The van der Waals surface area contributed by atoms with Gasteiger partial charge in [0.1, 0.15) is 0 Å². The highest BCUT2D eigenvalue weighted by Gasteiger charge is 2.45. The van der Waals surface area contributed by atoms with Crippen molar-refractivity contribution in [1.82, 2.24) is 9.80 Å². The molecule has 1 N–H and O–H groups in total. The molecular formula is C20H28N2O2. The summed E-state index contributed by atoms with van der Waals surface area (Å²) in [7, 11) is 0. The molecule has 2 bridgehead atoms. The van der Waals surface area contributed by atoms with Crippen LogP contribution >= 0.6 is 0 Å². The molecule has 3 fully saturated rings. The maximum atomic E-state index is 12.2. The molecule has 1 aromatic carbocycles. The van der Waals surface area contributed by atoms with Gasteiger partial charge in [-0.15, -0.1) is 0 Å². The van der Waals surface area contributed by atoms with Gasteiger partial charge in [-0.2, -0.15) is 0 Å². The minimum absolute atomic E-state index is 0.0773. The molecule has 130 valence electrons. The van der Waals surface area contributed by atoms with E-state index in [4.69, 9.17) is 0 Å². The number of fused-ring (bicyclic) bond motifs is 3. The molecule has 3 saturated heterocycles. The monoisotopic (exact) mass is 328 g/mol. The van der Waals surface area contributed by atoms with Crippen LogP contribution in [0.1, 0.15) is 44.7 Å². The molecule has 4 heteroatoms. The first kappa shape index (κ1) is 17.0. The van der Waals surface area contributed by atoms with Crippen molar-refractivity contribution < 1.29 is 9.90 Å². The second-order valence-electron chi connectivity index (χ2n) is 7.78. The number of hydrogen-bond donors (Lipinski definition) is 1. The van der Waals surface area contributed by atoms with E-state index in [1.54, 1.807) is 4.90 Å². The lowest BCUT2D eigenvalue weighted by Crippen LogP contribution is -2.62. The molecule has 0 radical (unpaired) electrons. The smallest absolute Gasteiger partial charge is 0.408 e. The summed E-state index contributed by atoms with van der Waals surface area (Å²) in [5.41, 5.74) is 2.53. The molecule has 4 rings (SSSR count). The summed E-state index contributed by atoms with van der Waals surface area (Å²) < 4.78 is 0. The first-order valence-corrected chi connectivity index (χ1v) is 8.81. The average molecular weight is 328 g/mol. The number of amides is 1. The van der Waals surface area contributed by atoms with Gasteiger partial charge in [-0.05, 0) is 69.8 Å². The van der Waals surface area contributed by atoms with E-state index in [1.165, 1.54) is 0 Å². The zero-order valence-electron chi connectivity index (χ0n) is 15.0. The predicted octanol–water partition coefficient (Wildman–Crippen LogP) is 4.03. The molecule has 1 atom stereocenters. The fourth-order valence-electron chi connectivity index (χ4n) is 4.33. The van der Waals surface area contributed by atoms with Crippen LogP contribution in [-0.2, 0) is 5.54 Å². The van der Waals surface area contributed by atoms with Gasteiger partial charge in [0.25, 0.3) is 0 Å². The second kappa shape index (κ2) is 6.25. The fraction of sp³-hybridized carbons (Fsp3) is 0.550. The van der Waals surface area contributed by atoms with Gasteiger partial charge in [0, 0.05) is 6.54 Å². The van der Waals surface area contributed by atoms with Crippen molar-refractivity contribution in [2.45, 2.75) is 45.2 Å². The molecule has 1 unspecified atom stereocenters. The second-order valence-corrected chi connectivity index (χ2v) is 7.78. The van der Waals surface area contributed by atoms with Crippen LogP contribution in [0.25, 0.3) is 5.57 Å². The third kappa shape index (κ3) is 2.95. The molecule has 4 nitrogen and oxygen atoms in total. The molecule has 0 aromatic heterocycles. The molecule has 0 saturated carbocycles. The Labute approximate surface area is 144 Å². The summed E-state index contributed by atoms with van der Waals surface area (Å²) in [5, 5.41) is 10.0. The maximum Gasteiger partial charge on any atom is 0.408 e. The van der Waals surface area contributed by atoms with Crippen molar-refractivity contribution in [1.29, 1.82) is 0 Å². The number of rotatable bonds is 4. The van der Waals surface area contributed by atoms with E-state index in [9.17, 15) is 9.90 Å². The number of nitrogens with zero attached hydrogens (tertiary/aromatic N) is 2. The van der Waals surface area contributed by atoms with E-state index < -0.39 is 11.6 Å². The minimum atomic E-state index is -0.820. The summed E-state index contributed by atoms with van der Waals surface area (Å²) in [5.74, 6) is 0.481. The minimum Gasteiger partial charge on any atom is -0.465 e. The largest absolute Gasteiger partial charge is 0.465 e. The van der Waals surface area contributed by atoms with Crippen LogP contribution in [0.5, 0.6) is 0 Å². The average Bonchev–Trinajstić information content (AvgIpc) is 2.55. The van der Waals surface area contributed by atoms with E-state index in [-0.39, 0.29) is 6.04 Å². The van der Waals surface area contributed by atoms with Crippen LogP contribution < -0.4 is 0 Å². The maximum absolute atomic E-state index is 12.2. The first-order valence-electron chi connectivity index (χ1n) is 8.81. The van der Waals surface area contributed by atoms with Crippen molar-refractivity contribution in [2.24, 2.45) is 5.92 Å². The van der Waals surface area contributed by atoms with Crippen molar-refractivity contribution in [2.75, 3.05) is 19.6 Å². The predicted molar refractivity (Wildman–Crippen MR) is 97.0 cm³/mol. The number of allylic oxidation sites excluding steroid dienone is 1. The Morgan fingerprint density at radius 1 is 1.33 bits per heavy atom. The van der Waals surface area contributed by atoms with E-state index >= 15 is 0 Å². The van der Waals surface area contributed by atoms with Crippen molar-refractivity contribution in [3.05, 3.63) is 42.0 Å². The Balaban J connectivity index is 1.96. The van der Waals surface area contributed by atoms with E-state index in [0.717, 1.165) is 49.2 Å². The molecule has 3 aliphatic rings. The number of piperidine rings is 3. The Kier molecular flexibility index (Phi) is 4.43. The number of carbonyl (C=O) groups is 1. The van der Waals surface area contributed by atoms with E-state index in [1.807, 2.05) is 39.0 Å². The van der Waals surface area contributed by atoms with Gasteiger partial charge < -0.3 is 10.0 Å². The number of benzene rings is 1. The van der Waals surface area contributed by atoms with E-state index in [2.05, 4.69) is 17.5 Å². The van der Waals surface area contributed by atoms with Gasteiger partial charge >= 0.3 is 6.09 Å². The van der Waals surface area contributed by atoms with Crippen LogP contribution in [0.4, 0.5) is 4.79 Å². The SMILES string of the molecule is C=C(C)c1cccc(C(C)(C)N(C(=O)O)C2CN3CCC2CC3)c1. The molecule has 1 aromatic rings. The topological polar surface area (TPSA) is 43.8 Å². The highest BCUT2D eigenvalue weighted by molar-refractivity contribution is 5.68. The Hall–Kier alpha value is -1.81. The van der Waals surface area contributed by atoms with Gasteiger partial charge in [0.2, 0.25) is 0 Å². The van der Waals surface area contributed by atoms with Crippen LogP contribution in [0.15, 0.2) is 30.8 Å². The number of carboxylic acid groups (broad SMARTS) is 1. The van der Waals surface area contributed by atoms with Crippen molar-refractivity contribution in [3.8, 4) is 0 Å². The van der Waals surface area contributed by atoms with Crippen LogP contribution in [0.2, 0.25) is 0 Å². The lowest BCUT2D eigenvalue weighted by Gasteiger charge is -2.52. The number of hydrogen-bond acceptors (Lipinski definition) is 2. The Morgan fingerprint density at radius 2 is 2.00 bits per heavy atom. The standard InChI is InChI=1S/C20H28N2O2/c1-14(2)16-6-5-7-17(12-16)20(3,4)22(19(23)24)18-13-21-10-8-15(18)9-11-21/h5-7,12,15,18H,1,8-11,13H2,2-4H3,(H,23,24). The van der Waals surface area contributed by atoms with Gasteiger partial charge in [-0.1, -0.05) is 30.4 Å². The summed E-state index contributed by atoms with van der Waals surface area (Å²) >= 11 is 0. The quantitative estimate of drug-likeness (QED) is 0.907. The highest BCUT2D eigenvalue weighted by Crippen LogP contribution is 2.38. The summed E-state index contributed by atoms with van der Waals surface area (Å²) in [4.78, 5) is 16.3. The lowest BCUT2D eigenvalue weighted by atomic mass is 9.80. The van der Waals surface area contributed by atoms with Crippen LogP contribution in [0.3, 0.4) is 0 Å². The summed E-state index contributed by atoms with van der Waals surface area (Å²) in [6.45, 7) is 13.1. The zero-order valence-corrected chi connectivity index (χ0v) is 15.0. The summed E-state index contributed by atoms with van der Waals surface area (Å²) in [6, 6.07) is 8.22. The Morgan fingerprint density at radius 3 is 2.50 bits per heavy atom. The molecule has 3 heterocycles. The third-order valence-electron chi connectivity index (χ3n) is 5.82. The van der Waals surface area contributed by atoms with Crippen molar-refractivity contribution >= 4 is 11.7 Å². The third-order valence-corrected chi connectivity index (χ3v) is 5.82. The normalized spacial score (nSPS) is 26.2. The molecule has 0 aliphatic carbocycles. The molecule has 24 heavy (non-hydrogen) atoms.